The van der Waals surface area contributed by atoms with E-state index >= 15 is 0 Å². The molecule has 24 heavy (non-hydrogen) atoms. The van der Waals surface area contributed by atoms with Crippen LogP contribution in [0, 0.1) is 18.8 Å². The van der Waals surface area contributed by atoms with Crippen LogP contribution in [0.2, 0.25) is 23.7 Å². The summed E-state index contributed by atoms with van der Waals surface area (Å²) in [4.78, 5) is 4.90. The molecule has 0 aromatic heterocycles. The Morgan fingerprint density at radius 1 is 1.08 bits per heavy atom. The molecule has 2 nitrogen and oxygen atoms in total. The molecule has 2 aliphatic carbocycles. The lowest BCUT2D eigenvalue weighted by Crippen LogP contribution is -2.41. The first-order chi connectivity index (χ1) is 11.5. The lowest BCUT2D eigenvalue weighted by atomic mass is 9.95. The number of aromatic hydroxyl groups is 1. The quantitative estimate of drug-likeness (QED) is 0.514. The molecule has 4 unspecified atom stereocenters. The fraction of sp³-hybridized carbons (Fsp3) is 0.667. The molecule has 2 aliphatic rings. The number of hydrogen-bond donors (Lipinski definition) is 1. The first-order valence-electron chi connectivity index (χ1n) is 9.86. The van der Waals surface area contributed by atoms with Gasteiger partial charge in [0, 0.05) is 11.8 Å². The van der Waals surface area contributed by atoms with Gasteiger partial charge in [-0.2, -0.15) is 0 Å². The minimum absolute atomic E-state index is 0.386. The lowest BCUT2D eigenvalue weighted by Gasteiger charge is -2.41. The molecular formula is C21H33NOSi. The summed E-state index contributed by atoms with van der Waals surface area (Å²) in [5, 5.41) is 10.2. The van der Waals surface area contributed by atoms with Gasteiger partial charge in [-0.15, -0.1) is 0 Å². The van der Waals surface area contributed by atoms with Crippen LogP contribution in [-0.4, -0.2) is 25.4 Å². The SMILES string of the molecule is CC[Si](CC)(CC)C1CC2CC1CC2N=Cc1cccc(C)c1O. The Morgan fingerprint density at radius 2 is 1.79 bits per heavy atom. The summed E-state index contributed by atoms with van der Waals surface area (Å²) in [5.41, 5.74) is 2.84. The van der Waals surface area contributed by atoms with Gasteiger partial charge < -0.3 is 5.11 Å². The van der Waals surface area contributed by atoms with Gasteiger partial charge in [-0.25, -0.2) is 0 Å². The van der Waals surface area contributed by atoms with E-state index in [0.29, 0.717) is 11.8 Å². The number of fused-ring (bicyclic) bond motifs is 2. The monoisotopic (exact) mass is 343 g/mol. The maximum atomic E-state index is 10.2. The molecule has 0 radical (unpaired) electrons. The Labute approximate surface area is 148 Å². The molecular weight excluding hydrogens is 310 g/mol. The molecule has 1 N–H and O–H groups in total. The molecule has 2 fully saturated rings. The molecule has 0 aliphatic heterocycles. The highest BCUT2D eigenvalue weighted by atomic mass is 28.3. The zero-order valence-corrected chi connectivity index (χ0v) is 16.8. The number of rotatable bonds is 6. The van der Waals surface area contributed by atoms with Crippen LogP contribution < -0.4 is 0 Å². The van der Waals surface area contributed by atoms with Crippen LogP contribution in [0.4, 0.5) is 0 Å². The number of nitrogens with zero attached hydrogens (tertiary/aromatic N) is 1. The van der Waals surface area contributed by atoms with Gasteiger partial charge in [-0.05, 0) is 55.2 Å². The van der Waals surface area contributed by atoms with Crippen LogP contribution in [0.25, 0.3) is 0 Å². The zero-order valence-electron chi connectivity index (χ0n) is 15.8. The molecule has 1 aromatic rings. The molecule has 4 atom stereocenters. The summed E-state index contributed by atoms with van der Waals surface area (Å²) in [6.07, 6.45) is 6.04. The third-order valence-electron chi connectivity index (χ3n) is 7.39. The summed E-state index contributed by atoms with van der Waals surface area (Å²) < 4.78 is 0. The standard InChI is InChI=1S/C21H33NOSi/c1-5-24(6-2,7-3)20-13-17-11-18(20)12-19(17)22-14-16-10-8-9-15(4)21(16)23/h8-10,14,17-20,23H,5-7,11-13H2,1-4H3. The van der Waals surface area contributed by atoms with Crippen LogP contribution in [0.1, 0.15) is 51.2 Å². The van der Waals surface area contributed by atoms with Gasteiger partial charge in [0.15, 0.2) is 0 Å². The van der Waals surface area contributed by atoms with Crippen molar-refractivity contribution in [1.82, 2.24) is 0 Å². The van der Waals surface area contributed by atoms with Crippen LogP contribution in [0.3, 0.4) is 0 Å². The second-order valence-corrected chi connectivity index (χ2v) is 13.7. The van der Waals surface area contributed by atoms with Gasteiger partial charge in [-0.1, -0.05) is 51.0 Å². The van der Waals surface area contributed by atoms with Crippen molar-refractivity contribution in [2.24, 2.45) is 16.8 Å². The number of aliphatic imine (C=N–C) groups is 1. The number of phenolic OH excluding ortho intramolecular Hbond substituents is 1. The zero-order chi connectivity index (χ0) is 17.3. The van der Waals surface area contributed by atoms with E-state index in [1.54, 1.807) is 0 Å². The highest BCUT2D eigenvalue weighted by molar-refractivity contribution is 6.81. The summed E-state index contributed by atoms with van der Waals surface area (Å²) >= 11 is 0. The lowest BCUT2D eigenvalue weighted by molar-refractivity contribution is 0.411. The first-order valence-corrected chi connectivity index (χ1v) is 12.6. The van der Waals surface area contributed by atoms with Crippen molar-refractivity contribution in [2.45, 2.75) is 76.7 Å². The van der Waals surface area contributed by atoms with Crippen LogP contribution >= 0.6 is 0 Å². The number of benzene rings is 1. The Hall–Kier alpha value is -1.09. The van der Waals surface area contributed by atoms with Crippen LogP contribution in [0.5, 0.6) is 5.75 Å². The third kappa shape index (κ3) is 2.96. The number of phenols is 1. The maximum absolute atomic E-state index is 10.2. The van der Waals surface area contributed by atoms with Crippen molar-refractivity contribution >= 4 is 14.3 Å². The van der Waals surface area contributed by atoms with Gasteiger partial charge in [-0.3, -0.25) is 4.99 Å². The second-order valence-electron chi connectivity index (χ2n) is 8.12. The fourth-order valence-electron chi connectivity index (χ4n) is 5.68. The molecule has 3 rings (SSSR count). The van der Waals surface area contributed by atoms with E-state index in [-0.39, 0.29) is 0 Å². The van der Waals surface area contributed by atoms with E-state index in [1.165, 1.54) is 37.4 Å². The average molecular weight is 344 g/mol. The van der Waals surface area contributed by atoms with Gasteiger partial charge in [0.2, 0.25) is 0 Å². The summed E-state index contributed by atoms with van der Waals surface area (Å²) in [7, 11) is -1.06. The Kier molecular flexibility index (Phi) is 5.19. The Bertz CT molecular complexity index is 600. The third-order valence-corrected chi connectivity index (χ3v) is 13.9. The number of para-hydroxylation sites is 1. The largest absolute Gasteiger partial charge is 0.507 e. The van der Waals surface area contributed by atoms with Gasteiger partial charge in [0.25, 0.3) is 0 Å². The van der Waals surface area contributed by atoms with Crippen molar-refractivity contribution in [1.29, 1.82) is 0 Å². The summed E-state index contributed by atoms with van der Waals surface area (Å²) in [5.74, 6) is 2.10. The minimum Gasteiger partial charge on any atom is -0.507 e. The molecule has 2 bridgehead atoms. The van der Waals surface area contributed by atoms with Crippen molar-refractivity contribution < 1.29 is 5.11 Å². The van der Waals surface area contributed by atoms with Crippen molar-refractivity contribution in [2.75, 3.05) is 0 Å². The van der Waals surface area contributed by atoms with Crippen molar-refractivity contribution in [3.05, 3.63) is 29.3 Å². The summed E-state index contributed by atoms with van der Waals surface area (Å²) in [6, 6.07) is 10.8. The molecule has 0 saturated heterocycles. The van der Waals surface area contributed by atoms with Crippen LogP contribution in [0.15, 0.2) is 23.2 Å². The predicted molar refractivity (Wildman–Crippen MR) is 106 cm³/mol. The van der Waals surface area contributed by atoms with E-state index in [9.17, 15) is 5.11 Å². The Balaban J connectivity index is 1.69. The van der Waals surface area contributed by atoms with Crippen molar-refractivity contribution in [3.63, 3.8) is 0 Å². The fourth-order valence-corrected chi connectivity index (χ4v) is 10.8. The number of hydrogen-bond acceptors (Lipinski definition) is 2. The van der Waals surface area contributed by atoms with E-state index < -0.39 is 8.07 Å². The maximum Gasteiger partial charge on any atom is 0.127 e. The minimum atomic E-state index is -1.06. The van der Waals surface area contributed by atoms with Crippen LogP contribution in [-0.2, 0) is 0 Å². The molecule has 0 amide bonds. The number of aryl methyl sites for hydroxylation is 1. The predicted octanol–water partition coefficient (Wildman–Crippen LogP) is 5.80. The van der Waals surface area contributed by atoms with E-state index in [2.05, 4.69) is 20.8 Å². The smallest absolute Gasteiger partial charge is 0.127 e. The Morgan fingerprint density at radius 3 is 2.38 bits per heavy atom. The second kappa shape index (κ2) is 7.03. The molecule has 0 heterocycles. The molecule has 132 valence electrons. The molecule has 2 saturated carbocycles. The van der Waals surface area contributed by atoms with E-state index in [4.69, 9.17) is 4.99 Å². The molecule has 3 heteroatoms. The van der Waals surface area contributed by atoms with Gasteiger partial charge in [0.05, 0.1) is 14.1 Å². The normalized spacial score (nSPS) is 29.7. The van der Waals surface area contributed by atoms with E-state index in [1.807, 2.05) is 31.3 Å². The summed E-state index contributed by atoms with van der Waals surface area (Å²) in [6.45, 7) is 9.28. The van der Waals surface area contributed by atoms with Gasteiger partial charge >= 0.3 is 0 Å². The van der Waals surface area contributed by atoms with E-state index in [0.717, 1.165) is 28.5 Å². The highest BCUT2D eigenvalue weighted by Gasteiger charge is 2.52. The van der Waals surface area contributed by atoms with Gasteiger partial charge in [0.1, 0.15) is 5.75 Å². The average Bonchev–Trinajstić information content (AvgIpc) is 3.19. The topological polar surface area (TPSA) is 32.6 Å². The molecule has 1 aromatic carbocycles. The first kappa shape index (κ1) is 17.7. The highest BCUT2D eigenvalue weighted by Crippen LogP contribution is 2.58. The van der Waals surface area contributed by atoms with Crippen molar-refractivity contribution in [3.8, 4) is 5.75 Å². The molecule has 0 spiro atoms.